The van der Waals surface area contributed by atoms with Gasteiger partial charge in [-0.1, -0.05) is 24.3 Å². The second-order valence-electron chi connectivity index (χ2n) is 2.61. The van der Waals surface area contributed by atoms with Gasteiger partial charge in [0, 0.05) is 0 Å². The first-order chi connectivity index (χ1) is 6.16. The molecular weight excluding hydrogens is 166 g/mol. The van der Waals surface area contributed by atoms with Crippen LogP contribution in [-0.2, 0) is 0 Å². The molecule has 0 bridgehead atoms. The molecule has 0 saturated heterocycles. The Balaban J connectivity index is 3.26. The topological polar surface area (TPSA) is 63.3 Å². The van der Waals surface area contributed by atoms with E-state index in [2.05, 4.69) is 0 Å². The van der Waals surface area contributed by atoms with Gasteiger partial charge in [-0.05, 0) is 18.6 Å². The van der Waals surface area contributed by atoms with Crippen LogP contribution in [0.4, 0.5) is 5.69 Å². The van der Waals surface area contributed by atoms with Crippen molar-refractivity contribution in [1.82, 2.24) is 0 Å². The minimum atomic E-state index is -0.996. The maximum Gasteiger partial charge on any atom is 0.337 e. The van der Waals surface area contributed by atoms with Crippen molar-refractivity contribution in [3.8, 4) is 0 Å². The van der Waals surface area contributed by atoms with E-state index in [0.717, 1.165) is 5.56 Å². The smallest absolute Gasteiger partial charge is 0.337 e. The van der Waals surface area contributed by atoms with Gasteiger partial charge in [0.1, 0.15) is 0 Å². The quantitative estimate of drug-likeness (QED) is 0.679. The van der Waals surface area contributed by atoms with Gasteiger partial charge in [0.2, 0.25) is 0 Å². The van der Waals surface area contributed by atoms with Gasteiger partial charge in [-0.2, -0.15) is 0 Å². The number of benzene rings is 1. The number of carboxylic acids is 1. The number of nitrogens with two attached hydrogens (primary N) is 1. The van der Waals surface area contributed by atoms with Crippen molar-refractivity contribution in [2.75, 3.05) is 5.73 Å². The lowest BCUT2D eigenvalue weighted by Crippen LogP contribution is -2.03. The molecule has 0 aliphatic carbocycles. The standard InChI is InChI=1S/C10H11NO2/c1-2-4-7-5-3-6-8(9(7)11)10(12)13/h2-6H,11H2,1H3,(H,12,13). The number of hydrogen-bond donors (Lipinski definition) is 2. The molecular formula is C10H11NO2. The molecule has 0 aromatic heterocycles. The number of para-hydroxylation sites is 1. The van der Waals surface area contributed by atoms with E-state index in [-0.39, 0.29) is 5.56 Å². The molecule has 1 rings (SSSR count). The molecule has 13 heavy (non-hydrogen) atoms. The minimum absolute atomic E-state index is 0.149. The summed E-state index contributed by atoms with van der Waals surface area (Å²) in [5, 5.41) is 8.75. The molecule has 0 aliphatic heterocycles. The van der Waals surface area contributed by atoms with Gasteiger partial charge in [0.05, 0.1) is 11.3 Å². The lowest BCUT2D eigenvalue weighted by atomic mass is 10.1. The second-order valence-corrected chi connectivity index (χ2v) is 2.61. The molecule has 0 unspecified atom stereocenters. The van der Waals surface area contributed by atoms with Crippen LogP contribution in [0.3, 0.4) is 0 Å². The highest BCUT2D eigenvalue weighted by atomic mass is 16.4. The van der Waals surface area contributed by atoms with Crippen LogP contribution < -0.4 is 5.73 Å². The van der Waals surface area contributed by atoms with Crippen molar-refractivity contribution in [2.45, 2.75) is 6.92 Å². The molecule has 1 aromatic rings. The van der Waals surface area contributed by atoms with Gasteiger partial charge in [0.25, 0.3) is 0 Å². The van der Waals surface area contributed by atoms with Crippen molar-refractivity contribution < 1.29 is 9.90 Å². The first-order valence-corrected chi connectivity index (χ1v) is 3.91. The Morgan fingerprint density at radius 1 is 1.54 bits per heavy atom. The van der Waals surface area contributed by atoms with Crippen LogP contribution in [-0.4, -0.2) is 11.1 Å². The van der Waals surface area contributed by atoms with Gasteiger partial charge in [0.15, 0.2) is 0 Å². The zero-order valence-electron chi connectivity index (χ0n) is 7.32. The Morgan fingerprint density at radius 3 is 2.77 bits per heavy atom. The van der Waals surface area contributed by atoms with Crippen LogP contribution in [0.1, 0.15) is 22.8 Å². The molecule has 0 heterocycles. The molecule has 0 amide bonds. The Bertz CT molecular complexity index is 356. The van der Waals surface area contributed by atoms with Gasteiger partial charge in [-0.15, -0.1) is 0 Å². The SMILES string of the molecule is CC=Cc1cccc(C(=O)O)c1N. The van der Waals surface area contributed by atoms with Crippen LogP contribution in [0.5, 0.6) is 0 Å². The van der Waals surface area contributed by atoms with Crippen molar-refractivity contribution in [3.05, 3.63) is 35.4 Å². The monoisotopic (exact) mass is 177 g/mol. The van der Waals surface area contributed by atoms with E-state index in [0.29, 0.717) is 5.69 Å². The number of anilines is 1. The van der Waals surface area contributed by atoms with Crippen molar-refractivity contribution in [2.24, 2.45) is 0 Å². The minimum Gasteiger partial charge on any atom is -0.478 e. The average Bonchev–Trinajstić information content (AvgIpc) is 2.08. The molecule has 3 nitrogen and oxygen atoms in total. The van der Waals surface area contributed by atoms with Gasteiger partial charge in [-0.25, -0.2) is 4.79 Å². The Morgan fingerprint density at radius 2 is 2.23 bits per heavy atom. The number of nitrogen functional groups attached to an aromatic ring is 1. The maximum atomic E-state index is 10.7. The van der Waals surface area contributed by atoms with Crippen molar-refractivity contribution in [3.63, 3.8) is 0 Å². The van der Waals surface area contributed by atoms with Crippen LogP contribution in [0.15, 0.2) is 24.3 Å². The summed E-state index contributed by atoms with van der Waals surface area (Å²) in [7, 11) is 0. The van der Waals surface area contributed by atoms with E-state index < -0.39 is 5.97 Å². The highest BCUT2D eigenvalue weighted by Crippen LogP contribution is 2.18. The fourth-order valence-corrected chi connectivity index (χ4v) is 1.09. The zero-order chi connectivity index (χ0) is 9.84. The van der Waals surface area contributed by atoms with Gasteiger partial charge < -0.3 is 10.8 Å². The van der Waals surface area contributed by atoms with Crippen LogP contribution in [0.25, 0.3) is 6.08 Å². The second kappa shape index (κ2) is 3.76. The Labute approximate surface area is 76.5 Å². The third kappa shape index (κ3) is 1.87. The summed E-state index contributed by atoms with van der Waals surface area (Å²) in [5.74, 6) is -0.996. The first kappa shape index (κ1) is 9.32. The van der Waals surface area contributed by atoms with E-state index in [9.17, 15) is 4.79 Å². The van der Waals surface area contributed by atoms with E-state index >= 15 is 0 Å². The molecule has 1 aromatic carbocycles. The normalized spacial score (nSPS) is 10.5. The molecule has 0 fully saturated rings. The fourth-order valence-electron chi connectivity index (χ4n) is 1.09. The highest BCUT2D eigenvalue weighted by Gasteiger charge is 2.08. The lowest BCUT2D eigenvalue weighted by Gasteiger charge is -2.03. The van der Waals surface area contributed by atoms with Gasteiger partial charge >= 0.3 is 5.97 Å². The molecule has 0 spiro atoms. The molecule has 3 heteroatoms. The Kier molecular flexibility index (Phi) is 2.69. The molecule has 0 radical (unpaired) electrons. The molecule has 0 atom stereocenters. The Hall–Kier alpha value is -1.77. The molecule has 3 N–H and O–H groups in total. The van der Waals surface area contributed by atoms with E-state index in [4.69, 9.17) is 10.8 Å². The number of carboxylic acid groups (broad SMARTS) is 1. The van der Waals surface area contributed by atoms with E-state index in [1.807, 2.05) is 13.0 Å². The van der Waals surface area contributed by atoms with Crippen LogP contribution in [0, 0.1) is 0 Å². The lowest BCUT2D eigenvalue weighted by molar-refractivity contribution is 0.0698. The van der Waals surface area contributed by atoms with E-state index in [1.54, 1.807) is 18.2 Å². The van der Waals surface area contributed by atoms with Crippen LogP contribution in [0.2, 0.25) is 0 Å². The summed E-state index contributed by atoms with van der Waals surface area (Å²) in [5.41, 5.74) is 6.84. The fraction of sp³-hybridized carbons (Fsp3) is 0.100. The maximum absolute atomic E-state index is 10.7. The summed E-state index contributed by atoms with van der Waals surface area (Å²) in [4.78, 5) is 10.7. The molecule has 0 aliphatic rings. The summed E-state index contributed by atoms with van der Waals surface area (Å²) in [6.07, 6.45) is 3.60. The summed E-state index contributed by atoms with van der Waals surface area (Å²) in [6, 6.07) is 4.95. The molecule has 68 valence electrons. The van der Waals surface area contributed by atoms with Crippen LogP contribution >= 0.6 is 0 Å². The number of rotatable bonds is 2. The summed E-state index contributed by atoms with van der Waals surface area (Å²) >= 11 is 0. The third-order valence-corrected chi connectivity index (χ3v) is 1.72. The summed E-state index contributed by atoms with van der Waals surface area (Å²) in [6.45, 7) is 1.85. The van der Waals surface area contributed by atoms with E-state index in [1.165, 1.54) is 6.07 Å². The summed E-state index contributed by atoms with van der Waals surface area (Å²) < 4.78 is 0. The average molecular weight is 177 g/mol. The largest absolute Gasteiger partial charge is 0.478 e. The third-order valence-electron chi connectivity index (χ3n) is 1.72. The predicted molar refractivity (Wildman–Crippen MR) is 52.5 cm³/mol. The van der Waals surface area contributed by atoms with Crippen molar-refractivity contribution in [1.29, 1.82) is 0 Å². The number of hydrogen-bond acceptors (Lipinski definition) is 2. The number of aromatic carboxylic acids is 1. The highest BCUT2D eigenvalue weighted by molar-refractivity contribution is 5.95. The predicted octanol–water partition coefficient (Wildman–Crippen LogP) is 2.00. The van der Waals surface area contributed by atoms with Crippen molar-refractivity contribution >= 4 is 17.7 Å². The van der Waals surface area contributed by atoms with Gasteiger partial charge in [-0.3, -0.25) is 0 Å². The molecule has 0 saturated carbocycles. The number of carbonyl (C=O) groups is 1. The number of allylic oxidation sites excluding steroid dienone is 1. The zero-order valence-corrected chi connectivity index (χ0v) is 7.32. The first-order valence-electron chi connectivity index (χ1n) is 3.91.